The van der Waals surface area contributed by atoms with Crippen molar-refractivity contribution in [3.8, 4) is 0 Å². The van der Waals surface area contributed by atoms with E-state index in [9.17, 15) is 4.79 Å². The van der Waals surface area contributed by atoms with Crippen LogP contribution in [0.25, 0.3) is 11.2 Å². The molecule has 3 heterocycles. The van der Waals surface area contributed by atoms with Crippen LogP contribution in [0, 0.1) is 0 Å². The van der Waals surface area contributed by atoms with Gasteiger partial charge in [0, 0.05) is 24.7 Å². The van der Waals surface area contributed by atoms with Crippen LogP contribution in [-0.2, 0) is 6.54 Å². The van der Waals surface area contributed by atoms with Crippen LogP contribution in [0.15, 0.2) is 22.3 Å². The molecule has 2 aromatic rings. The fourth-order valence-corrected chi connectivity index (χ4v) is 2.56. The van der Waals surface area contributed by atoms with Gasteiger partial charge in [-0.05, 0) is 6.42 Å². The quantitative estimate of drug-likeness (QED) is 0.611. The van der Waals surface area contributed by atoms with Crippen LogP contribution >= 0.6 is 11.8 Å². The van der Waals surface area contributed by atoms with Gasteiger partial charge in [0.15, 0.2) is 16.3 Å². The summed E-state index contributed by atoms with van der Waals surface area (Å²) in [6, 6.07) is 0. The number of aromatic nitrogens is 4. The second kappa shape index (κ2) is 3.30. The van der Waals surface area contributed by atoms with Crippen LogP contribution in [-0.4, -0.2) is 25.3 Å². The predicted molar refractivity (Wildman–Crippen MR) is 56.9 cm³/mol. The Bertz CT molecular complexity index is 580. The van der Waals surface area contributed by atoms with E-state index >= 15 is 0 Å². The number of nitrogens with zero attached hydrogens (tertiary/aromatic N) is 4. The minimum absolute atomic E-state index is 0.0738. The zero-order valence-corrected chi connectivity index (χ0v) is 8.70. The molecule has 0 radical (unpaired) electrons. The van der Waals surface area contributed by atoms with Crippen LogP contribution < -0.4 is 5.56 Å². The van der Waals surface area contributed by atoms with Gasteiger partial charge in [-0.3, -0.25) is 9.36 Å². The number of rotatable bonds is 0. The van der Waals surface area contributed by atoms with E-state index in [1.165, 1.54) is 6.20 Å². The Kier molecular flexibility index (Phi) is 1.95. The van der Waals surface area contributed by atoms with Gasteiger partial charge in [-0.2, -0.15) is 0 Å². The fraction of sp³-hybridized carbons (Fsp3) is 0.333. The van der Waals surface area contributed by atoms with Crippen LogP contribution in [0.2, 0.25) is 0 Å². The maximum absolute atomic E-state index is 12.0. The summed E-state index contributed by atoms with van der Waals surface area (Å²) in [4.78, 5) is 24.4. The number of hydrogen-bond acceptors (Lipinski definition) is 5. The van der Waals surface area contributed by atoms with Gasteiger partial charge in [0.1, 0.15) is 0 Å². The Labute approximate surface area is 89.6 Å². The first-order valence-electron chi connectivity index (χ1n) is 4.70. The summed E-state index contributed by atoms with van der Waals surface area (Å²) in [6.45, 7) is 0.737. The molecule has 0 bridgehead atoms. The molecule has 0 fully saturated rings. The highest BCUT2D eigenvalue weighted by Gasteiger charge is 2.15. The van der Waals surface area contributed by atoms with E-state index in [1.807, 2.05) is 0 Å². The molecule has 0 unspecified atom stereocenters. The summed E-state index contributed by atoms with van der Waals surface area (Å²) in [5, 5.41) is 0.763. The number of hydrogen-bond donors (Lipinski definition) is 0. The third-order valence-electron chi connectivity index (χ3n) is 2.32. The fourth-order valence-electron chi connectivity index (χ4n) is 1.62. The van der Waals surface area contributed by atoms with Gasteiger partial charge in [-0.25, -0.2) is 15.0 Å². The predicted octanol–water partition coefficient (Wildman–Crippen LogP) is 0.682. The van der Waals surface area contributed by atoms with E-state index in [-0.39, 0.29) is 5.56 Å². The van der Waals surface area contributed by atoms with E-state index in [0.717, 1.165) is 23.9 Å². The SMILES string of the molecule is O=c1c2nccnc2nc2n1CCCS2. The second-order valence-electron chi connectivity index (χ2n) is 3.28. The van der Waals surface area contributed by atoms with Crippen LogP contribution in [0.4, 0.5) is 0 Å². The summed E-state index contributed by atoms with van der Waals surface area (Å²) in [5.41, 5.74) is 0.738. The normalized spacial score (nSPS) is 15.2. The van der Waals surface area contributed by atoms with Crippen molar-refractivity contribution in [2.75, 3.05) is 5.75 Å². The molecular weight excluding hydrogens is 212 g/mol. The molecule has 0 saturated carbocycles. The maximum Gasteiger partial charge on any atom is 0.282 e. The Hall–Kier alpha value is -1.43. The molecule has 0 aliphatic carbocycles. The highest BCUT2D eigenvalue weighted by molar-refractivity contribution is 7.99. The molecule has 76 valence electrons. The highest BCUT2D eigenvalue weighted by atomic mass is 32.2. The van der Waals surface area contributed by atoms with Gasteiger partial charge >= 0.3 is 0 Å². The van der Waals surface area contributed by atoms with Crippen molar-refractivity contribution in [1.29, 1.82) is 0 Å². The Morgan fingerprint density at radius 1 is 1.33 bits per heavy atom. The molecule has 0 aromatic carbocycles. The minimum Gasteiger partial charge on any atom is -0.286 e. The van der Waals surface area contributed by atoms with Gasteiger partial charge in [-0.1, -0.05) is 11.8 Å². The lowest BCUT2D eigenvalue weighted by molar-refractivity contribution is 0.569. The summed E-state index contributed by atoms with van der Waals surface area (Å²) in [5.74, 6) is 1.01. The summed E-state index contributed by atoms with van der Waals surface area (Å²) in [7, 11) is 0. The van der Waals surface area contributed by atoms with E-state index in [4.69, 9.17) is 0 Å². The van der Waals surface area contributed by atoms with Crippen LogP contribution in [0.5, 0.6) is 0 Å². The zero-order valence-electron chi connectivity index (χ0n) is 7.88. The number of thioether (sulfide) groups is 1. The average molecular weight is 220 g/mol. The van der Waals surface area contributed by atoms with Crippen molar-refractivity contribution in [1.82, 2.24) is 19.5 Å². The first-order valence-corrected chi connectivity index (χ1v) is 5.69. The molecular formula is C9H8N4OS. The first kappa shape index (κ1) is 8.84. The van der Waals surface area contributed by atoms with Crippen molar-refractivity contribution < 1.29 is 0 Å². The monoisotopic (exact) mass is 220 g/mol. The minimum atomic E-state index is -0.0738. The molecule has 0 amide bonds. The lowest BCUT2D eigenvalue weighted by atomic mass is 10.4. The van der Waals surface area contributed by atoms with Crippen molar-refractivity contribution in [2.24, 2.45) is 0 Å². The molecule has 1 aliphatic heterocycles. The lowest BCUT2D eigenvalue weighted by Crippen LogP contribution is -2.26. The molecule has 15 heavy (non-hydrogen) atoms. The van der Waals surface area contributed by atoms with E-state index in [1.54, 1.807) is 22.5 Å². The van der Waals surface area contributed by atoms with E-state index in [0.29, 0.717) is 11.2 Å². The molecule has 0 atom stereocenters. The molecule has 0 saturated heterocycles. The van der Waals surface area contributed by atoms with Gasteiger partial charge in [0.2, 0.25) is 0 Å². The Morgan fingerprint density at radius 3 is 3.13 bits per heavy atom. The third kappa shape index (κ3) is 1.32. The first-order chi connectivity index (χ1) is 7.36. The standard InChI is InChI=1S/C9H8N4OS/c14-8-6-7(11-3-2-10-6)12-9-13(8)4-1-5-15-9/h2-3H,1,4-5H2. The average Bonchev–Trinajstić information content (AvgIpc) is 2.30. The van der Waals surface area contributed by atoms with Crippen molar-refractivity contribution in [2.45, 2.75) is 18.1 Å². The van der Waals surface area contributed by atoms with Crippen LogP contribution in [0.1, 0.15) is 6.42 Å². The Morgan fingerprint density at radius 2 is 2.20 bits per heavy atom. The van der Waals surface area contributed by atoms with E-state index < -0.39 is 0 Å². The molecule has 3 rings (SSSR count). The van der Waals surface area contributed by atoms with Gasteiger partial charge < -0.3 is 0 Å². The molecule has 1 aliphatic rings. The summed E-state index contributed by atoms with van der Waals surface area (Å²) < 4.78 is 1.69. The zero-order chi connectivity index (χ0) is 10.3. The third-order valence-corrected chi connectivity index (χ3v) is 3.38. The van der Waals surface area contributed by atoms with Gasteiger partial charge in [0.05, 0.1) is 0 Å². The molecule has 6 heteroatoms. The van der Waals surface area contributed by atoms with Crippen LogP contribution in [0.3, 0.4) is 0 Å². The highest BCUT2D eigenvalue weighted by Crippen LogP contribution is 2.21. The maximum atomic E-state index is 12.0. The largest absolute Gasteiger partial charge is 0.286 e. The number of fused-ring (bicyclic) bond motifs is 2. The molecule has 0 spiro atoms. The van der Waals surface area contributed by atoms with Gasteiger partial charge in [0.25, 0.3) is 5.56 Å². The lowest BCUT2D eigenvalue weighted by Gasteiger charge is -2.15. The van der Waals surface area contributed by atoms with Crippen molar-refractivity contribution >= 4 is 22.9 Å². The topological polar surface area (TPSA) is 60.7 Å². The van der Waals surface area contributed by atoms with Crippen molar-refractivity contribution in [3.63, 3.8) is 0 Å². The second-order valence-corrected chi connectivity index (χ2v) is 4.34. The smallest absolute Gasteiger partial charge is 0.282 e. The summed E-state index contributed by atoms with van der Waals surface area (Å²) in [6.07, 6.45) is 4.08. The molecule has 2 aromatic heterocycles. The van der Waals surface area contributed by atoms with Gasteiger partial charge in [-0.15, -0.1) is 0 Å². The Balaban J connectivity index is 2.41. The summed E-state index contributed by atoms with van der Waals surface area (Å²) >= 11 is 1.60. The van der Waals surface area contributed by atoms with Crippen molar-refractivity contribution in [3.05, 3.63) is 22.7 Å². The van der Waals surface area contributed by atoms with E-state index in [2.05, 4.69) is 15.0 Å². The molecule has 0 N–H and O–H groups in total. The molecule has 5 nitrogen and oxygen atoms in total.